The fraction of sp³-hybridized carbons (Fsp3) is 0.400. The van der Waals surface area contributed by atoms with E-state index in [9.17, 15) is 4.79 Å². The molecule has 0 aromatic carbocycles. The van der Waals surface area contributed by atoms with Gasteiger partial charge in [0.15, 0.2) is 0 Å². The van der Waals surface area contributed by atoms with Crippen molar-refractivity contribution >= 4 is 23.1 Å². The topological polar surface area (TPSA) is 52.9 Å². The second kappa shape index (κ2) is 4.93. The Kier molecular flexibility index (Phi) is 3.85. The van der Waals surface area contributed by atoms with E-state index in [0.717, 1.165) is 21.2 Å². The molecular formula is C10H14N2O2S. The van der Waals surface area contributed by atoms with Gasteiger partial charge in [0.2, 0.25) is 0 Å². The summed E-state index contributed by atoms with van der Waals surface area (Å²) in [6, 6.07) is 2.00. The van der Waals surface area contributed by atoms with Crippen LogP contribution < -0.4 is 0 Å². The molecule has 15 heavy (non-hydrogen) atoms. The molecule has 1 N–H and O–H groups in total. The number of hydrogen-bond acceptors (Lipinski definition) is 3. The highest BCUT2D eigenvalue weighted by atomic mass is 32.1. The summed E-state index contributed by atoms with van der Waals surface area (Å²) in [6.07, 6.45) is -1.02. The van der Waals surface area contributed by atoms with Crippen molar-refractivity contribution in [2.24, 2.45) is 5.10 Å². The summed E-state index contributed by atoms with van der Waals surface area (Å²) < 4.78 is 0. The number of hydrogen-bond donors (Lipinski definition) is 1. The van der Waals surface area contributed by atoms with Crippen molar-refractivity contribution in [3.05, 3.63) is 21.9 Å². The van der Waals surface area contributed by atoms with Crippen LogP contribution in [0.25, 0.3) is 0 Å². The Morgan fingerprint density at radius 2 is 2.33 bits per heavy atom. The summed E-state index contributed by atoms with van der Waals surface area (Å²) in [7, 11) is 0. The van der Waals surface area contributed by atoms with E-state index in [1.807, 2.05) is 25.3 Å². The smallest absolute Gasteiger partial charge is 0.427 e. The minimum absolute atomic E-state index is 0.358. The van der Waals surface area contributed by atoms with Crippen molar-refractivity contribution in [3.63, 3.8) is 0 Å². The number of thiophene rings is 1. The summed E-state index contributed by atoms with van der Waals surface area (Å²) in [5.41, 5.74) is 1.87. The molecule has 0 saturated carbocycles. The summed E-state index contributed by atoms with van der Waals surface area (Å²) >= 11 is 1.57. The highest BCUT2D eigenvalue weighted by molar-refractivity contribution is 7.12. The molecule has 1 rings (SSSR count). The lowest BCUT2D eigenvalue weighted by Gasteiger charge is -2.11. The maximum atomic E-state index is 10.7. The molecule has 1 heterocycles. The predicted molar refractivity (Wildman–Crippen MR) is 61.7 cm³/mol. The third kappa shape index (κ3) is 2.79. The van der Waals surface area contributed by atoms with Gasteiger partial charge in [-0.1, -0.05) is 0 Å². The summed E-state index contributed by atoms with van der Waals surface area (Å²) in [6.45, 7) is 5.93. The van der Waals surface area contributed by atoms with Gasteiger partial charge in [0.05, 0.1) is 10.6 Å². The number of amides is 1. The van der Waals surface area contributed by atoms with Crippen LogP contribution in [-0.4, -0.2) is 28.5 Å². The molecule has 4 nitrogen and oxygen atoms in total. The van der Waals surface area contributed by atoms with Crippen molar-refractivity contribution in [2.75, 3.05) is 6.54 Å². The molecule has 0 radical (unpaired) electrons. The van der Waals surface area contributed by atoms with Gasteiger partial charge < -0.3 is 5.11 Å². The van der Waals surface area contributed by atoms with E-state index in [1.54, 1.807) is 18.3 Å². The Balaban J connectivity index is 2.93. The highest BCUT2D eigenvalue weighted by Crippen LogP contribution is 2.16. The summed E-state index contributed by atoms with van der Waals surface area (Å²) in [5, 5.41) is 15.9. The van der Waals surface area contributed by atoms with Crippen LogP contribution >= 0.6 is 11.3 Å². The minimum Gasteiger partial charge on any atom is -0.464 e. The average Bonchev–Trinajstić information content (AvgIpc) is 2.60. The first kappa shape index (κ1) is 11.7. The molecule has 0 unspecified atom stereocenters. The highest BCUT2D eigenvalue weighted by Gasteiger charge is 2.10. The van der Waals surface area contributed by atoms with Crippen molar-refractivity contribution < 1.29 is 9.90 Å². The largest absolute Gasteiger partial charge is 0.464 e. The van der Waals surface area contributed by atoms with Crippen molar-refractivity contribution in [1.29, 1.82) is 0 Å². The van der Waals surface area contributed by atoms with Gasteiger partial charge in [0, 0.05) is 6.54 Å². The Morgan fingerprint density at radius 1 is 1.67 bits per heavy atom. The number of carboxylic acid groups (broad SMARTS) is 1. The van der Waals surface area contributed by atoms with Crippen LogP contribution in [0.15, 0.2) is 16.5 Å². The second-order valence-corrected chi connectivity index (χ2v) is 4.03. The minimum atomic E-state index is -1.02. The standard InChI is InChI=1S/C10H14N2O2S/c1-4-12(10(13)14)11-8(3)9-7(2)5-6-15-9/h5-6H,4H2,1-3H3,(H,13,14)/b11-8-. The lowest BCUT2D eigenvalue weighted by Crippen LogP contribution is -2.24. The summed E-state index contributed by atoms with van der Waals surface area (Å²) in [5.74, 6) is 0. The first-order chi connectivity index (χ1) is 7.06. The van der Waals surface area contributed by atoms with Gasteiger partial charge in [-0.05, 0) is 37.8 Å². The van der Waals surface area contributed by atoms with Gasteiger partial charge in [-0.25, -0.2) is 4.79 Å². The van der Waals surface area contributed by atoms with Crippen LogP contribution in [-0.2, 0) is 0 Å². The maximum absolute atomic E-state index is 10.7. The molecule has 82 valence electrons. The van der Waals surface area contributed by atoms with Gasteiger partial charge in [0.1, 0.15) is 0 Å². The molecule has 0 saturated heterocycles. The van der Waals surface area contributed by atoms with Gasteiger partial charge in [-0.2, -0.15) is 10.1 Å². The molecule has 0 aliphatic heterocycles. The number of nitrogens with zero attached hydrogens (tertiary/aromatic N) is 2. The quantitative estimate of drug-likeness (QED) is 0.636. The monoisotopic (exact) mass is 226 g/mol. The summed E-state index contributed by atoms with van der Waals surface area (Å²) in [4.78, 5) is 11.8. The average molecular weight is 226 g/mol. The molecule has 5 heteroatoms. The maximum Gasteiger partial charge on any atom is 0.427 e. The Morgan fingerprint density at radius 3 is 2.73 bits per heavy atom. The number of carbonyl (C=O) groups is 1. The zero-order valence-electron chi connectivity index (χ0n) is 9.02. The van der Waals surface area contributed by atoms with E-state index in [0.29, 0.717) is 6.54 Å². The van der Waals surface area contributed by atoms with E-state index >= 15 is 0 Å². The molecule has 0 fully saturated rings. The molecule has 0 atom stereocenters. The fourth-order valence-corrected chi connectivity index (χ4v) is 2.09. The van der Waals surface area contributed by atoms with Crippen molar-refractivity contribution in [3.8, 4) is 0 Å². The third-order valence-corrected chi connectivity index (χ3v) is 3.11. The third-order valence-electron chi connectivity index (χ3n) is 1.98. The van der Waals surface area contributed by atoms with Crippen LogP contribution in [0.5, 0.6) is 0 Å². The van der Waals surface area contributed by atoms with Crippen molar-refractivity contribution in [2.45, 2.75) is 20.8 Å². The van der Waals surface area contributed by atoms with Crippen molar-refractivity contribution in [1.82, 2.24) is 5.01 Å². The van der Waals surface area contributed by atoms with Crippen LogP contribution in [0.1, 0.15) is 24.3 Å². The molecule has 0 bridgehead atoms. The normalized spacial score (nSPS) is 11.5. The lowest BCUT2D eigenvalue weighted by atomic mass is 10.2. The van der Waals surface area contributed by atoms with E-state index in [4.69, 9.17) is 5.11 Å². The zero-order chi connectivity index (χ0) is 11.4. The second-order valence-electron chi connectivity index (χ2n) is 3.12. The van der Waals surface area contributed by atoms with Crippen LogP contribution in [0, 0.1) is 6.92 Å². The van der Waals surface area contributed by atoms with Crippen LogP contribution in [0.2, 0.25) is 0 Å². The lowest BCUT2D eigenvalue weighted by molar-refractivity contribution is 0.149. The molecule has 0 aliphatic carbocycles. The van der Waals surface area contributed by atoms with Gasteiger partial charge >= 0.3 is 6.09 Å². The van der Waals surface area contributed by atoms with E-state index in [2.05, 4.69) is 5.10 Å². The van der Waals surface area contributed by atoms with Crippen LogP contribution in [0.3, 0.4) is 0 Å². The SMILES string of the molecule is CCN(/N=C(/C)c1sccc1C)C(=O)O. The number of rotatable bonds is 3. The molecule has 0 spiro atoms. The molecular weight excluding hydrogens is 212 g/mol. The Bertz CT molecular complexity index is 385. The Labute approximate surface area is 92.8 Å². The molecule has 1 amide bonds. The van der Waals surface area contributed by atoms with Crippen LogP contribution in [0.4, 0.5) is 4.79 Å². The molecule has 1 aromatic heterocycles. The Hall–Kier alpha value is -1.36. The molecule has 0 aliphatic rings. The van der Waals surface area contributed by atoms with E-state index < -0.39 is 6.09 Å². The molecule has 1 aromatic rings. The van der Waals surface area contributed by atoms with E-state index in [-0.39, 0.29) is 0 Å². The zero-order valence-corrected chi connectivity index (χ0v) is 9.84. The van der Waals surface area contributed by atoms with E-state index in [1.165, 1.54) is 0 Å². The predicted octanol–water partition coefficient (Wildman–Crippen LogP) is 2.78. The van der Waals surface area contributed by atoms with Gasteiger partial charge in [-0.3, -0.25) is 0 Å². The van der Waals surface area contributed by atoms with Gasteiger partial charge in [0.25, 0.3) is 0 Å². The number of hydrazone groups is 1. The first-order valence-electron chi connectivity index (χ1n) is 4.66. The fourth-order valence-electron chi connectivity index (χ4n) is 1.22. The van der Waals surface area contributed by atoms with Gasteiger partial charge in [-0.15, -0.1) is 11.3 Å². The first-order valence-corrected chi connectivity index (χ1v) is 5.54. The number of aryl methyl sites for hydroxylation is 1.